The summed E-state index contributed by atoms with van der Waals surface area (Å²) in [4.78, 5) is 13.9. The first-order chi connectivity index (χ1) is 10.0. The Morgan fingerprint density at radius 1 is 1.19 bits per heavy atom. The van der Waals surface area contributed by atoms with Crippen molar-refractivity contribution in [1.82, 2.24) is 0 Å². The Bertz CT molecular complexity index is 668. The number of para-hydroxylation sites is 1. The van der Waals surface area contributed by atoms with Gasteiger partial charge in [0.2, 0.25) is 0 Å². The van der Waals surface area contributed by atoms with Gasteiger partial charge in [-0.25, -0.2) is 4.79 Å². The Hall–Kier alpha value is -1.94. The van der Waals surface area contributed by atoms with Crippen LogP contribution < -0.4 is 5.73 Å². The molecule has 0 atom stereocenters. The maximum absolute atomic E-state index is 11.9. The number of ether oxygens (including phenoxy) is 1. The van der Waals surface area contributed by atoms with Crippen LogP contribution in [0.5, 0.6) is 0 Å². The van der Waals surface area contributed by atoms with Gasteiger partial charge in [0.25, 0.3) is 0 Å². The zero-order chi connectivity index (χ0) is 15.4. The van der Waals surface area contributed by atoms with Crippen molar-refractivity contribution in [2.24, 2.45) is 0 Å². The zero-order valence-corrected chi connectivity index (χ0v) is 13.3. The van der Waals surface area contributed by atoms with E-state index < -0.39 is 0 Å². The van der Waals surface area contributed by atoms with Gasteiger partial charge < -0.3 is 10.5 Å². The number of nitrogen functional groups attached to an aromatic ring is 1. The van der Waals surface area contributed by atoms with Gasteiger partial charge in [0.05, 0.1) is 17.9 Å². The van der Waals surface area contributed by atoms with E-state index in [9.17, 15) is 4.79 Å². The Labute approximate surface area is 129 Å². The molecule has 0 bridgehead atoms. The summed E-state index contributed by atoms with van der Waals surface area (Å²) in [6, 6.07) is 11.7. The van der Waals surface area contributed by atoms with E-state index in [1.807, 2.05) is 12.1 Å². The molecule has 0 spiro atoms. The average Bonchev–Trinajstić information content (AvgIpc) is 2.44. The Kier molecular flexibility index (Phi) is 4.91. The highest BCUT2D eigenvalue weighted by molar-refractivity contribution is 7.99. The van der Waals surface area contributed by atoms with Crippen molar-refractivity contribution in [2.75, 3.05) is 12.3 Å². The molecular weight excluding hydrogens is 282 g/mol. The molecule has 0 unspecified atom stereocenters. The molecule has 0 aliphatic rings. The third kappa shape index (κ3) is 3.58. The SMILES string of the molecule is CCOC(=O)c1cccc(Sc2ccc(C)cc2C)c1N. The van der Waals surface area contributed by atoms with E-state index in [4.69, 9.17) is 10.5 Å². The summed E-state index contributed by atoms with van der Waals surface area (Å²) >= 11 is 1.57. The van der Waals surface area contributed by atoms with Crippen LogP contribution in [-0.2, 0) is 4.74 Å². The summed E-state index contributed by atoms with van der Waals surface area (Å²) in [5, 5.41) is 0. The summed E-state index contributed by atoms with van der Waals surface area (Å²) in [7, 11) is 0. The molecule has 2 rings (SSSR count). The molecule has 0 aromatic heterocycles. The second-order valence-corrected chi connectivity index (χ2v) is 5.89. The van der Waals surface area contributed by atoms with E-state index in [0.717, 1.165) is 9.79 Å². The van der Waals surface area contributed by atoms with E-state index in [0.29, 0.717) is 17.9 Å². The predicted octanol–water partition coefficient (Wildman–Crippen LogP) is 4.21. The van der Waals surface area contributed by atoms with Crippen LogP contribution in [-0.4, -0.2) is 12.6 Å². The lowest BCUT2D eigenvalue weighted by Crippen LogP contribution is -2.08. The summed E-state index contributed by atoms with van der Waals surface area (Å²) in [5.41, 5.74) is 9.44. The fraction of sp³-hybridized carbons (Fsp3) is 0.235. The van der Waals surface area contributed by atoms with E-state index >= 15 is 0 Å². The van der Waals surface area contributed by atoms with Crippen molar-refractivity contribution in [2.45, 2.75) is 30.6 Å². The molecule has 4 heteroatoms. The Morgan fingerprint density at radius 2 is 1.95 bits per heavy atom. The first-order valence-corrected chi connectivity index (χ1v) is 7.65. The molecule has 0 saturated heterocycles. The van der Waals surface area contributed by atoms with Gasteiger partial charge in [0, 0.05) is 9.79 Å². The maximum atomic E-state index is 11.9. The normalized spacial score (nSPS) is 10.4. The summed E-state index contributed by atoms with van der Waals surface area (Å²) < 4.78 is 5.03. The predicted molar refractivity (Wildman–Crippen MR) is 86.8 cm³/mol. The zero-order valence-electron chi connectivity index (χ0n) is 12.5. The van der Waals surface area contributed by atoms with Crippen LogP contribution in [0.4, 0.5) is 5.69 Å². The van der Waals surface area contributed by atoms with Gasteiger partial charge in [-0.2, -0.15) is 0 Å². The number of nitrogens with two attached hydrogens (primary N) is 1. The second kappa shape index (κ2) is 6.68. The van der Waals surface area contributed by atoms with Gasteiger partial charge in [0.1, 0.15) is 0 Å². The monoisotopic (exact) mass is 301 g/mol. The molecule has 0 heterocycles. The van der Waals surface area contributed by atoms with Gasteiger partial charge >= 0.3 is 5.97 Å². The number of rotatable bonds is 4. The molecule has 2 N–H and O–H groups in total. The van der Waals surface area contributed by atoms with Gasteiger partial charge in [-0.05, 0) is 44.5 Å². The number of hydrogen-bond acceptors (Lipinski definition) is 4. The highest BCUT2D eigenvalue weighted by Gasteiger charge is 2.14. The third-order valence-corrected chi connectivity index (χ3v) is 4.37. The first kappa shape index (κ1) is 15.4. The molecule has 3 nitrogen and oxygen atoms in total. The van der Waals surface area contributed by atoms with Crippen LogP contribution in [0.15, 0.2) is 46.2 Å². The summed E-state index contributed by atoms with van der Waals surface area (Å²) in [5.74, 6) is -0.377. The lowest BCUT2D eigenvalue weighted by Gasteiger charge is -2.11. The topological polar surface area (TPSA) is 52.3 Å². The molecule has 0 aliphatic heterocycles. The summed E-state index contributed by atoms with van der Waals surface area (Å²) in [6.07, 6.45) is 0. The maximum Gasteiger partial charge on any atom is 0.340 e. The molecule has 21 heavy (non-hydrogen) atoms. The van der Waals surface area contributed by atoms with Gasteiger partial charge in [0.15, 0.2) is 0 Å². The van der Waals surface area contributed by atoms with E-state index in [2.05, 4.69) is 32.0 Å². The molecule has 0 aliphatic carbocycles. The molecule has 2 aromatic carbocycles. The number of carbonyl (C=O) groups is 1. The van der Waals surface area contributed by atoms with Crippen molar-refractivity contribution in [3.8, 4) is 0 Å². The van der Waals surface area contributed by atoms with E-state index in [1.54, 1.807) is 24.8 Å². The van der Waals surface area contributed by atoms with Gasteiger partial charge in [-0.1, -0.05) is 35.5 Å². The van der Waals surface area contributed by atoms with Gasteiger partial charge in [-0.3, -0.25) is 0 Å². The van der Waals surface area contributed by atoms with Crippen molar-refractivity contribution in [1.29, 1.82) is 0 Å². The number of benzene rings is 2. The largest absolute Gasteiger partial charge is 0.462 e. The van der Waals surface area contributed by atoms with Gasteiger partial charge in [-0.15, -0.1) is 0 Å². The highest BCUT2D eigenvalue weighted by atomic mass is 32.2. The van der Waals surface area contributed by atoms with Crippen LogP contribution in [0.1, 0.15) is 28.4 Å². The number of carbonyl (C=O) groups excluding carboxylic acids is 1. The smallest absolute Gasteiger partial charge is 0.340 e. The van der Waals surface area contributed by atoms with E-state index in [1.165, 1.54) is 11.1 Å². The molecule has 0 radical (unpaired) electrons. The third-order valence-electron chi connectivity index (χ3n) is 3.11. The Morgan fingerprint density at radius 3 is 2.62 bits per heavy atom. The number of esters is 1. The minimum atomic E-state index is -0.377. The molecule has 0 fully saturated rings. The lowest BCUT2D eigenvalue weighted by atomic mass is 10.2. The fourth-order valence-electron chi connectivity index (χ4n) is 2.05. The molecule has 0 saturated carbocycles. The Balaban J connectivity index is 2.32. The number of hydrogen-bond donors (Lipinski definition) is 1. The van der Waals surface area contributed by atoms with Crippen molar-refractivity contribution in [3.05, 3.63) is 53.1 Å². The molecule has 110 valence electrons. The molecule has 2 aromatic rings. The second-order valence-electron chi connectivity index (χ2n) is 4.81. The minimum Gasteiger partial charge on any atom is -0.462 e. The number of anilines is 1. The summed E-state index contributed by atoms with van der Waals surface area (Å²) in [6.45, 7) is 6.26. The molecular formula is C17H19NO2S. The highest BCUT2D eigenvalue weighted by Crippen LogP contribution is 2.35. The van der Waals surface area contributed by atoms with Crippen LogP contribution in [0.2, 0.25) is 0 Å². The van der Waals surface area contributed by atoms with Crippen molar-refractivity contribution in [3.63, 3.8) is 0 Å². The minimum absolute atomic E-state index is 0.340. The standard InChI is InChI=1S/C17H19NO2S/c1-4-20-17(19)13-6-5-7-15(16(13)18)21-14-9-8-11(2)10-12(14)3/h5-10H,4,18H2,1-3H3. The van der Waals surface area contributed by atoms with Crippen LogP contribution in [0.3, 0.4) is 0 Å². The molecule has 0 amide bonds. The quantitative estimate of drug-likeness (QED) is 0.679. The average molecular weight is 301 g/mol. The van der Waals surface area contributed by atoms with Crippen LogP contribution >= 0.6 is 11.8 Å². The van der Waals surface area contributed by atoms with Crippen molar-refractivity contribution >= 4 is 23.4 Å². The number of aryl methyl sites for hydroxylation is 2. The van der Waals surface area contributed by atoms with Crippen LogP contribution in [0.25, 0.3) is 0 Å². The first-order valence-electron chi connectivity index (χ1n) is 6.83. The van der Waals surface area contributed by atoms with E-state index in [-0.39, 0.29) is 5.97 Å². The fourth-order valence-corrected chi connectivity index (χ4v) is 3.01. The van der Waals surface area contributed by atoms with Crippen molar-refractivity contribution < 1.29 is 9.53 Å². The van der Waals surface area contributed by atoms with Crippen LogP contribution in [0, 0.1) is 13.8 Å². The lowest BCUT2D eigenvalue weighted by molar-refractivity contribution is 0.0527.